The van der Waals surface area contributed by atoms with E-state index < -0.39 is 0 Å². The van der Waals surface area contributed by atoms with Gasteiger partial charge < -0.3 is 5.11 Å². The Bertz CT molecular complexity index is 432. The topological polar surface area (TPSA) is 20.2 Å². The minimum Gasteiger partial charge on any atom is -0.389 e. The Kier molecular flexibility index (Phi) is 4.69. The Balaban J connectivity index is 1.67. The van der Waals surface area contributed by atoms with Gasteiger partial charge in [-0.3, -0.25) is 0 Å². The number of unbranched alkanes of at least 4 members (excludes halogenated alkanes) is 4. The first-order valence-electron chi connectivity index (χ1n) is 9.03. The molecule has 0 spiro atoms. The SMILES string of the molecule is CCCCCCCC1(O)C2CCC1Cc1ccccc1C2. The average molecular weight is 286 g/mol. The molecule has 2 unspecified atom stereocenters. The Labute approximate surface area is 129 Å². The van der Waals surface area contributed by atoms with E-state index in [-0.39, 0.29) is 5.60 Å². The second kappa shape index (κ2) is 6.52. The van der Waals surface area contributed by atoms with Crippen LogP contribution in [-0.2, 0) is 12.8 Å². The van der Waals surface area contributed by atoms with E-state index in [1.54, 1.807) is 0 Å². The first-order chi connectivity index (χ1) is 10.2. The minimum atomic E-state index is -0.384. The van der Waals surface area contributed by atoms with Crippen LogP contribution in [0.3, 0.4) is 0 Å². The van der Waals surface area contributed by atoms with Gasteiger partial charge in [0.2, 0.25) is 0 Å². The fourth-order valence-electron chi connectivity index (χ4n) is 4.70. The van der Waals surface area contributed by atoms with Crippen molar-refractivity contribution in [1.82, 2.24) is 0 Å². The van der Waals surface area contributed by atoms with Crippen LogP contribution < -0.4 is 0 Å². The number of rotatable bonds is 6. The molecule has 0 saturated heterocycles. The molecule has 1 nitrogen and oxygen atoms in total. The molecule has 0 amide bonds. The number of benzene rings is 1. The van der Waals surface area contributed by atoms with E-state index in [1.165, 1.54) is 56.1 Å². The lowest BCUT2D eigenvalue weighted by atomic mass is 9.78. The Morgan fingerprint density at radius 3 is 2.10 bits per heavy atom. The first-order valence-corrected chi connectivity index (χ1v) is 9.03. The molecule has 3 rings (SSSR count). The highest BCUT2D eigenvalue weighted by Crippen LogP contribution is 2.49. The van der Waals surface area contributed by atoms with Gasteiger partial charge in [0.15, 0.2) is 0 Å². The zero-order chi connectivity index (χ0) is 14.7. The van der Waals surface area contributed by atoms with Gasteiger partial charge in [-0.1, -0.05) is 63.3 Å². The number of fused-ring (bicyclic) bond motifs is 3. The summed E-state index contributed by atoms with van der Waals surface area (Å²) >= 11 is 0. The smallest absolute Gasteiger partial charge is 0.0710 e. The van der Waals surface area contributed by atoms with E-state index in [9.17, 15) is 5.11 Å². The third-order valence-corrected chi connectivity index (χ3v) is 6.01. The summed E-state index contributed by atoms with van der Waals surface area (Å²) in [6, 6.07) is 8.86. The summed E-state index contributed by atoms with van der Waals surface area (Å²) < 4.78 is 0. The van der Waals surface area contributed by atoms with Crippen molar-refractivity contribution < 1.29 is 5.11 Å². The fraction of sp³-hybridized carbons (Fsp3) is 0.700. The quantitative estimate of drug-likeness (QED) is 0.737. The van der Waals surface area contributed by atoms with Crippen molar-refractivity contribution in [3.05, 3.63) is 35.4 Å². The fourth-order valence-corrected chi connectivity index (χ4v) is 4.70. The van der Waals surface area contributed by atoms with Crippen LogP contribution in [0, 0.1) is 11.8 Å². The summed E-state index contributed by atoms with van der Waals surface area (Å²) in [5, 5.41) is 11.4. The van der Waals surface area contributed by atoms with E-state index in [2.05, 4.69) is 31.2 Å². The summed E-state index contributed by atoms with van der Waals surface area (Å²) in [7, 11) is 0. The second-order valence-corrected chi connectivity index (χ2v) is 7.30. The lowest BCUT2D eigenvalue weighted by Crippen LogP contribution is -2.40. The monoisotopic (exact) mass is 286 g/mol. The molecular formula is C20H30O. The Morgan fingerprint density at radius 1 is 0.952 bits per heavy atom. The summed E-state index contributed by atoms with van der Waals surface area (Å²) in [6.07, 6.45) is 12.2. The molecule has 1 aromatic rings. The van der Waals surface area contributed by atoms with Crippen LogP contribution in [0.25, 0.3) is 0 Å². The predicted octanol–water partition coefficient (Wildman–Crippen LogP) is 4.90. The largest absolute Gasteiger partial charge is 0.389 e. The van der Waals surface area contributed by atoms with Gasteiger partial charge in [-0.2, -0.15) is 0 Å². The highest BCUT2D eigenvalue weighted by molar-refractivity contribution is 5.31. The van der Waals surface area contributed by atoms with Crippen LogP contribution in [-0.4, -0.2) is 10.7 Å². The van der Waals surface area contributed by atoms with Gasteiger partial charge in [0, 0.05) is 0 Å². The highest BCUT2D eigenvalue weighted by Gasteiger charge is 2.49. The number of hydrogen-bond acceptors (Lipinski definition) is 1. The Hall–Kier alpha value is -0.820. The summed E-state index contributed by atoms with van der Waals surface area (Å²) in [5.74, 6) is 0.995. The molecule has 1 aromatic carbocycles. The molecule has 0 aromatic heterocycles. The molecule has 0 heterocycles. The molecule has 0 aliphatic heterocycles. The van der Waals surface area contributed by atoms with Gasteiger partial charge in [0.25, 0.3) is 0 Å². The minimum absolute atomic E-state index is 0.384. The molecule has 1 fully saturated rings. The number of aliphatic hydroxyl groups is 1. The van der Waals surface area contributed by atoms with E-state index in [0.717, 1.165) is 19.3 Å². The van der Waals surface area contributed by atoms with Gasteiger partial charge in [-0.05, 0) is 55.1 Å². The van der Waals surface area contributed by atoms with Gasteiger partial charge >= 0.3 is 0 Å². The lowest BCUT2D eigenvalue weighted by Gasteiger charge is -2.34. The normalized spacial score (nSPS) is 31.0. The molecule has 2 bridgehead atoms. The summed E-state index contributed by atoms with van der Waals surface area (Å²) in [5.41, 5.74) is 2.61. The van der Waals surface area contributed by atoms with Crippen molar-refractivity contribution in [3.63, 3.8) is 0 Å². The maximum atomic E-state index is 11.4. The molecular weight excluding hydrogens is 256 g/mol. The molecule has 1 N–H and O–H groups in total. The maximum Gasteiger partial charge on any atom is 0.0710 e. The van der Waals surface area contributed by atoms with Crippen LogP contribution in [0.5, 0.6) is 0 Å². The van der Waals surface area contributed by atoms with E-state index >= 15 is 0 Å². The predicted molar refractivity (Wildman–Crippen MR) is 88.4 cm³/mol. The van der Waals surface area contributed by atoms with Crippen LogP contribution >= 0.6 is 0 Å². The molecule has 1 heteroatoms. The van der Waals surface area contributed by atoms with Crippen LogP contribution in [0.2, 0.25) is 0 Å². The van der Waals surface area contributed by atoms with Crippen molar-refractivity contribution in [2.75, 3.05) is 0 Å². The Morgan fingerprint density at radius 2 is 1.52 bits per heavy atom. The molecule has 0 radical (unpaired) electrons. The van der Waals surface area contributed by atoms with Crippen molar-refractivity contribution in [2.45, 2.75) is 76.7 Å². The second-order valence-electron chi connectivity index (χ2n) is 7.30. The molecule has 2 aliphatic rings. The maximum absolute atomic E-state index is 11.4. The van der Waals surface area contributed by atoms with Crippen molar-refractivity contribution >= 4 is 0 Å². The third-order valence-electron chi connectivity index (χ3n) is 6.01. The number of hydrogen-bond donors (Lipinski definition) is 1. The van der Waals surface area contributed by atoms with Crippen LogP contribution in [0.4, 0.5) is 0 Å². The molecule has 1 saturated carbocycles. The average Bonchev–Trinajstić information content (AvgIpc) is 2.70. The zero-order valence-electron chi connectivity index (χ0n) is 13.5. The van der Waals surface area contributed by atoms with Crippen LogP contribution in [0.1, 0.15) is 69.4 Å². The van der Waals surface area contributed by atoms with Crippen molar-refractivity contribution in [2.24, 2.45) is 11.8 Å². The lowest BCUT2D eigenvalue weighted by molar-refractivity contribution is -0.0427. The molecule has 21 heavy (non-hydrogen) atoms. The zero-order valence-corrected chi connectivity index (χ0v) is 13.5. The molecule has 2 aliphatic carbocycles. The van der Waals surface area contributed by atoms with Gasteiger partial charge in [0.05, 0.1) is 5.60 Å². The van der Waals surface area contributed by atoms with E-state index in [4.69, 9.17) is 0 Å². The standard InChI is InChI=1S/C20H30O/c1-2-3-4-5-8-13-20(21)18-11-12-19(20)15-17-10-7-6-9-16(17)14-18/h6-7,9-10,18-19,21H,2-5,8,11-15H2,1H3. The summed E-state index contributed by atoms with van der Waals surface area (Å²) in [4.78, 5) is 0. The summed E-state index contributed by atoms with van der Waals surface area (Å²) in [6.45, 7) is 2.26. The van der Waals surface area contributed by atoms with Crippen molar-refractivity contribution in [1.29, 1.82) is 0 Å². The highest BCUT2D eigenvalue weighted by atomic mass is 16.3. The first kappa shape index (κ1) is 15.1. The van der Waals surface area contributed by atoms with Gasteiger partial charge in [-0.25, -0.2) is 0 Å². The van der Waals surface area contributed by atoms with Crippen molar-refractivity contribution in [3.8, 4) is 0 Å². The molecule has 2 atom stereocenters. The van der Waals surface area contributed by atoms with E-state index in [0.29, 0.717) is 11.8 Å². The van der Waals surface area contributed by atoms with Gasteiger partial charge in [0.1, 0.15) is 0 Å². The third kappa shape index (κ3) is 3.04. The molecule has 116 valence electrons. The van der Waals surface area contributed by atoms with E-state index in [1.807, 2.05) is 0 Å². The van der Waals surface area contributed by atoms with Crippen LogP contribution in [0.15, 0.2) is 24.3 Å². The van der Waals surface area contributed by atoms with Gasteiger partial charge in [-0.15, -0.1) is 0 Å².